The Morgan fingerprint density at radius 1 is 0.836 bits per heavy atom. The number of esters is 3. The third-order valence-corrected chi connectivity index (χ3v) is 11.4. The van der Waals surface area contributed by atoms with Crippen LogP contribution in [-0.2, 0) is 23.9 Å². The minimum Gasteiger partial charge on any atom is -0.494 e. The van der Waals surface area contributed by atoms with Crippen LogP contribution in [-0.4, -0.2) is 60.3 Å². The standard InChI is InChI=1S/C47H52N4O9S/c1-3-5-6-11-27-51(47-50-40-17-14-26-48-44(40)61-47)49-31-35-30-41(58-32-52)38-15-9-10-16-39(38)43(35)60-46(55)34-20-18-33(19-21-34)45(54)59-37-24-22-36(23-25-37)56-28-12-7-8-13-29-57-42(53)4-2/h4,9-10,14-17,22-26,30-34H,2-3,5-8,11-13,18-21,27-29H2,1H3/b49-31+. The van der Waals surface area contributed by atoms with Gasteiger partial charge in [-0.05, 0) is 100 Å². The number of nitrogens with zero attached hydrogens (tertiary/aromatic N) is 4. The van der Waals surface area contributed by atoms with Gasteiger partial charge < -0.3 is 23.7 Å². The topological polar surface area (TPSA) is 156 Å². The summed E-state index contributed by atoms with van der Waals surface area (Å²) in [6.45, 7) is 7.46. The first kappa shape index (κ1) is 44.4. The van der Waals surface area contributed by atoms with E-state index in [4.69, 9.17) is 33.8 Å². The highest BCUT2D eigenvalue weighted by atomic mass is 32.1. The van der Waals surface area contributed by atoms with Gasteiger partial charge in [-0.1, -0.05) is 68.4 Å². The fourth-order valence-electron chi connectivity index (χ4n) is 7.12. The maximum atomic E-state index is 13.9. The summed E-state index contributed by atoms with van der Waals surface area (Å²) in [6, 6.07) is 19.7. The van der Waals surface area contributed by atoms with Crippen LogP contribution in [0.25, 0.3) is 21.1 Å². The average Bonchev–Trinajstić information content (AvgIpc) is 3.73. The van der Waals surface area contributed by atoms with Crippen molar-refractivity contribution < 1.29 is 42.9 Å². The summed E-state index contributed by atoms with van der Waals surface area (Å²) in [6.07, 6.45) is 14.0. The van der Waals surface area contributed by atoms with Crippen LogP contribution in [0.3, 0.4) is 0 Å². The molecule has 0 amide bonds. The van der Waals surface area contributed by atoms with Crippen molar-refractivity contribution in [3.05, 3.63) is 91.1 Å². The monoisotopic (exact) mass is 848 g/mol. The van der Waals surface area contributed by atoms with Gasteiger partial charge in [0.2, 0.25) is 5.13 Å². The van der Waals surface area contributed by atoms with Crippen molar-refractivity contribution in [3.63, 3.8) is 0 Å². The minimum absolute atomic E-state index is 0.303. The summed E-state index contributed by atoms with van der Waals surface area (Å²) in [7, 11) is 0. The molecule has 2 heterocycles. The predicted octanol–water partition coefficient (Wildman–Crippen LogP) is 9.79. The molecule has 3 aromatic carbocycles. The molecule has 1 aliphatic carbocycles. The van der Waals surface area contributed by atoms with E-state index in [2.05, 4.69) is 18.5 Å². The van der Waals surface area contributed by atoms with Gasteiger partial charge >= 0.3 is 17.9 Å². The number of thiazole rings is 1. The zero-order valence-corrected chi connectivity index (χ0v) is 35.3. The Hall–Kier alpha value is -6.15. The Balaban J connectivity index is 1.07. The maximum Gasteiger partial charge on any atom is 0.330 e. The van der Waals surface area contributed by atoms with Gasteiger partial charge in [0.15, 0.2) is 0 Å². The van der Waals surface area contributed by atoms with E-state index in [1.807, 2.05) is 35.3 Å². The Kier molecular flexibility index (Phi) is 16.7. The minimum atomic E-state index is -0.435. The number of anilines is 1. The highest BCUT2D eigenvalue weighted by molar-refractivity contribution is 7.21. The van der Waals surface area contributed by atoms with Crippen LogP contribution >= 0.6 is 11.3 Å². The molecule has 1 aliphatic rings. The first-order valence-electron chi connectivity index (χ1n) is 21.0. The molecule has 1 fully saturated rings. The third-order valence-electron chi connectivity index (χ3n) is 10.5. The number of hydrogen-bond acceptors (Lipinski definition) is 14. The molecule has 0 unspecified atom stereocenters. The zero-order valence-electron chi connectivity index (χ0n) is 34.5. The molecule has 2 aromatic heterocycles. The Labute approximate surface area is 359 Å². The van der Waals surface area contributed by atoms with Crippen LogP contribution in [0.5, 0.6) is 23.0 Å². The molecule has 1 saturated carbocycles. The van der Waals surface area contributed by atoms with E-state index in [0.29, 0.717) is 96.4 Å². The van der Waals surface area contributed by atoms with Gasteiger partial charge in [-0.25, -0.2) is 19.8 Å². The summed E-state index contributed by atoms with van der Waals surface area (Å²) in [5.41, 5.74) is 1.24. The number of fused-ring (bicyclic) bond motifs is 2. The molecule has 0 aliphatic heterocycles. The molecular weight excluding hydrogens is 797 g/mol. The maximum absolute atomic E-state index is 13.9. The van der Waals surface area contributed by atoms with Gasteiger partial charge in [0.1, 0.15) is 33.3 Å². The van der Waals surface area contributed by atoms with Crippen LogP contribution in [0.15, 0.2) is 90.7 Å². The summed E-state index contributed by atoms with van der Waals surface area (Å²) in [5.74, 6) is -0.227. The first-order chi connectivity index (χ1) is 29.9. The van der Waals surface area contributed by atoms with E-state index in [0.717, 1.165) is 67.8 Å². The van der Waals surface area contributed by atoms with E-state index in [9.17, 15) is 19.2 Å². The molecule has 5 aromatic rings. The molecule has 6 rings (SSSR count). The molecular formula is C47H52N4O9S. The van der Waals surface area contributed by atoms with Crippen LogP contribution < -0.4 is 24.0 Å². The highest BCUT2D eigenvalue weighted by Gasteiger charge is 2.33. The number of unbranched alkanes of at least 4 members (excludes halogenated alkanes) is 6. The fourth-order valence-corrected chi connectivity index (χ4v) is 8.01. The van der Waals surface area contributed by atoms with Crippen molar-refractivity contribution in [2.75, 3.05) is 24.8 Å². The van der Waals surface area contributed by atoms with Gasteiger partial charge in [0.25, 0.3) is 6.47 Å². The summed E-state index contributed by atoms with van der Waals surface area (Å²) >= 11 is 1.45. The number of ether oxygens (including phenoxy) is 5. The Morgan fingerprint density at radius 3 is 2.23 bits per heavy atom. The number of benzene rings is 3. The third kappa shape index (κ3) is 12.7. The molecule has 0 bridgehead atoms. The molecule has 0 N–H and O–H groups in total. The molecule has 320 valence electrons. The van der Waals surface area contributed by atoms with Crippen molar-refractivity contribution >= 4 is 68.2 Å². The number of aromatic nitrogens is 2. The van der Waals surface area contributed by atoms with E-state index in [1.54, 1.807) is 48.8 Å². The molecule has 61 heavy (non-hydrogen) atoms. The molecule has 13 nitrogen and oxygen atoms in total. The average molecular weight is 849 g/mol. The van der Waals surface area contributed by atoms with E-state index in [-0.39, 0.29) is 11.9 Å². The lowest BCUT2D eigenvalue weighted by molar-refractivity contribution is -0.145. The summed E-state index contributed by atoms with van der Waals surface area (Å²) in [4.78, 5) is 59.8. The van der Waals surface area contributed by atoms with Crippen LogP contribution in [0, 0.1) is 11.8 Å². The largest absolute Gasteiger partial charge is 0.494 e. The van der Waals surface area contributed by atoms with Crippen molar-refractivity contribution in [2.45, 2.75) is 84.0 Å². The zero-order chi connectivity index (χ0) is 42.8. The molecule has 0 atom stereocenters. The highest BCUT2D eigenvalue weighted by Crippen LogP contribution is 2.38. The SMILES string of the molecule is C=CC(=O)OCCCCCCOc1ccc(OC(=O)C2CCC(C(=O)Oc3c(/C=N/N(CCCCCC)c4nc5cccnc5s4)cc(OC=O)c4ccccc34)CC2)cc1. The van der Waals surface area contributed by atoms with Crippen LogP contribution in [0.4, 0.5) is 5.13 Å². The quantitative estimate of drug-likeness (QED) is 0.0117. The summed E-state index contributed by atoms with van der Waals surface area (Å²) < 4.78 is 28.2. The second-order valence-corrected chi connectivity index (χ2v) is 15.8. The van der Waals surface area contributed by atoms with Gasteiger partial charge in [0, 0.05) is 35.2 Å². The van der Waals surface area contributed by atoms with Crippen molar-refractivity contribution in [2.24, 2.45) is 16.9 Å². The molecule has 0 spiro atoms. The van der Waals surface area contributed by atoms with Crippen molar-refractivity contribution in [1.29, 1.82) is 0 Å². The smallest absolute Gasteiger partial charge is 0.330 e. The number of carbonyl (C=O) groups is 4. The van der Waals surface area contributed by atoms with Crippen molar-refractivity contribution in [3.8, 4) is 23.0 Å². The Bertz CT molecular complexity index is 2250. The fraction of sp³-hybridized carbons (Fsp3) is 0.383. The second-order valence-electron chi connectivity index (χ2n) is 14.8. The van der Waals surface area contributed by atoms with Crippen molar-refractivity contribution in [1.82, 2.24) is 9.97 Å². The van der Waals surface area contributed by atoms with E-state index < -0.39 is 17.9 Å². The Morgan fingerprint density at radius 2 is 1.52 bits per heavy atom. The van der Waals surface area contributed by atoms with Crippen LogP contribution in [0.2, 0.25) is 0 Å². The lowest BCUT2D eigenvalue weighted by Gasteiger charge is -2.26. The lowest BCUT2D eigenvalue weighted by Crippen LogP contribution is -2.30. The van der Waals surface area contributed by atoms with E-state index >= 15 is 0 Å². The number of carbonyl (C=O) groups excluding carboxylic acids is 4. The van der Waals surface area contributed by atoms with Gasteiger partial charge in [-0.2, -0.15) is 5.10 Å². The number of rotatable bonds is 23. The summed E-state index contributed by atoms with van der Waals surface area (Å²) in [5, 5.41) is 8.59. The van der Waals surface area contributed by atoms with Gasteiger partial charge in [-0.15, -0.1) is 0 Å². The normalized spacial score (nSPS) is 15.0. The van der Waals surface area contributed by atoms with E-state index in [1.165, 1.54) is 11.3 Å². The van der Waals surface area contributed by atoms with Gasteiger partial charge in [-0.3, -0.25) is 14.4 Å². The number of hydrogen-bond donors (Lipinski definition) is 0. The first-order valence-corrected chi connectivity index (χ1v) is 21.8. The van der Waals surface area contributed by atoms with Gasteiger partial charge in [0.05, 0.1) is 31.3 Å². The molecule has 0 radical (unpaired) electrons. The lowest BCUT2D eigenvalue weighted by atomic mass is 9.82. The molecule has 0 saturated heterocycles. The number of hydrazone groups is 1. The number of pyridine rings is 1. The van der Waals surface area contributed by atoms with Crippen LogP contribution in [0.1, 0.15) is 89.5 Å². The second kappa shape index (κ2) is 23.0. The predicted molar refractivity (Wildman–Crippen MR) is 235 cm³/mol. The molecule has 14 heteroatoms.